The number of nitrogens with one attached hydrogen (secondary N) is 1. The highest BCUT2D eigenvalue weighted by atomic mass is 35.5. The normalized spacial score (nSPS) is 10.5. The van der Waals surface area contributed by atoms with Crippen molar-refractivity contribution in [3.8, 4) is 0 Å². The zero-order chi connectivity index (χ0) is 17.7. The van der Waals surface area contributed by atoms with Crippen LogP contribution in [0.1, 0.15) is 35.9 Å². The second-order valence-electron chi connectivity index (χ2n) is 5.55. The minimum atomic E-state index is -0.352. The van der Waals surface area contributed by atoms with Gasteiger partial charge in [0.1, 0.15) is 5.69 Å². The van der Waals surface area contributed by atoms with Crippen molar-refractivity contribution in [3.05, 3.63) is 45.7 Å². The third-order valence-corrected chi connectivity index (χ3v) is 4.00. The Bertz CT molecular complexity index is 737. The largest absolute Gasteiger partial charge is 0.344 e. The molecule has 0 aliphatic carbocycles. The number of anilines is 2. The van der Waals surface area contributed by atoms with E-state index in [0.29, 0.717) is 21.7 Å². The summed E-state index contributed by atoms with van der Waals surface area (Å²) in [7, 11) is 1.92. The third-order valence-electron chi connectivity index (χ3n) is 3.44. The van der Waals surface area contributed by atoms with Gasteiger partial charge >= 0.3 is 0 Å². The van der Waals surface area contributed by atoms with E-state index >= 15 is 0 Å². The number of hydrogen-bond acceptors (Lipinski definition) is 4. The molecule has 1 aromatic carbocycles. The zero-order valence-corrected chi connectivity index (χ0v) is 15.4. The van der Waals surface area contributed by atoms with E-state index in [4.69, 9.17) is 23.2 Å². The standard InChI is InChI=1S/C17H20Cl2N4O/c1-4-5-8-23(3)17-20-11(2)9-15(22-17)16(24)21-14-10-12(18)6-7-13(14)19/h6-7,9-10H,4-5,8H2,1-3H3,(H,21,24). The van der Waals surface area contributed by atoms with Crippen LogP contribution in [0.5, 0.6) is 0 Å². The maximum Gasteiger partial charge on any atom is 0.274 e. The van der Waals surface area contributed by atoms with E-state index in [2.05, 4.69) is 22.2 Å². The van der Waals surface area contributed by atoms with Gasteiger partial charge in [-0.3, -0.25) is 4.79 Å². The number of aromatic nitrogens is 2. The van der Waals surface area contributed by atoms with Crippen LogP contribution in [0.2, 0.25) is 10.0 Å². The van der Waals surface area contributed by atoms with Gasteiger partial charge in [0.25, 0.3) is 5.91 Å². The number of carbonyl (C=O) groups excluding carboxylic acids is 1. The molecule has 0 radical (unpaired) electrons. The second-order valence-corrected chi connectivity index (χ2v) is 6.39. The van der Waals surface area contributed by atoms with Crippen molar-refractivity contribution >= 4 is 40.7 Å². The van der Waals surface area contributed by atoms with Gasteiger partial charge in [-0.1, -0.05) is 36.5 Å². The van der Waals surface area contributed by atoms with E-state index in [-0.39, 0.29) is 11.6 Å². The number of hydrogen-bond donors (Lipinski definition) is 1. The van der Waals surface area contributed by atoms with Crippen LogP contribution in [0.25, 0.3) is 0 Å². The Kier molecular flexibility index (Phi) is 6.40. The molecule has 128 valence electrons. The molecule has 1 heterocycles. The molecule has 1 amide bonds. The van der Waals surface area contributed by atoms with Crippen molar-refractivity contribution < 1.29 is 4.79 Å². The monoisotopic (exact) mass is 366 g/mol. The first-order chi connectivity index (χ1) is 11.4. The van der Waals surface area contributed by atoms with E-state index in [9.17, 15) is 4.79 Å². The first-order valence-corrected chi connectivity index (χ1v) is 8.49. The molecule has 0 bridgehead atoms. The molecule has 2 aromatic rings. The predicted octanol–water partition coefficient (Wildman–Crippen LogP) is 4.58. The number of amides is 1. The van der Waals surface area contributed by atoms with Crippen molar-refractivity contribution in [3.63, 3.8) is 0 Å². The Morgan fingerprint density at radius 3 is 2.71 bits per heavy atom. The van der Waals surface area contributed by atoms with E-state index in [1.54, 1.807) is 24.3 Å². The van der Waals surface area contributed by atoms with E-state index < -0.39 is 0 Å². The van der Waals surface area contributed by atoms with Gasteiger partial charge in [0, 0.05) is 24.3 Å². The fraction of sp³-hybridized carbons (Fsp3) is 0.353. The quantitative estimate of drug-likeness (QED) is 0.812. The number of nitrogens with zero attached hydrogens (tertiary/aromatic N) is 3. The topological polar surface area (TPSA) is 58.1 Å². The van der Waals surface area contributed by atoms with Crippen molar-refractivity contribution in [2.75, 3.05) is 23.8 Å². The number of benzene rings is 1. The van der Waals surface area contributed by atoms with Gasteiger partial charge in [0.2, 0.25) is 5.95 Å². The van der Waals surface area contributed by atoms with Gasteiger partial charge in [0.05, 0.1) is 10.7 Å². The Balaban J connectivity index is 2.23. The minimum absolute atomic E-state index is 0.289. The number of rotatable bonds is 6. The summed E-state index contributed by atoms with van der Waals surface area (Å²) in [6.45, 7) is 4.79. The van der Waals surface area contributed by atoms with Crippen LogP contribution in [-0.2, 0) is 0 Å². The molecule has 0 spiro atoms. The van der Waals surface area contributed by atoms with Gasteiger partial charge in [-0.2, -0.15) is 0 Å². The summed E-state index contributed by atoms with van der Waals surface area (Å²) in [6.07, 6.45) is 2.12. The second kappa shape index (κ2) is 8.31. The zero-order valence-electron chi connectivity index (χ0n) is 13.9. The molecule has 0 saturated heterocycles. The molecular weight excluding hydrogens is 347 g/mol. The summed E-state index contributed by atoms with van der Waals surface area (Å²) < 4.78 is 0. The van der Waals surface area contributed by atoms with Gasteiger partial charge in [-0.15, -0.1) is 0 Å². The third kappa shape index (κ3) is 4.82. The highest BCUT2D eigenvalue weighted by Gasteiger charge is 2.14. The summed E-state index contributed by atoms with van der Waals surface area (Å²) >= 11 is 12.0. The maximum atomic E-state index is 12.5. The molecule has 24 heavy (non-hydrogen) atoms. The number of halogens is 2. The van der Waals surface area contributed by atoms with E-state index in [1.165, 1.54) is 0 Å². The molecule has 1 aromatic heterocycles. The summed E-state index contributed by atoms with van der Waals surface area (Å²) in [4.78, 5) is 23.2. The molecule has 7 heteroatoms. The molecule has 5 nitrogen and oxygen atoms in total. The fourth-order valence-corrected chi connectivity index (χ4v) is 2.45. The van der Waals surface area contributed by atoms with Crippen LogP contribution in [0.15, 0.2) is 24.3 Å². The highest BCUT2D eigenvalue weighted by Crippen LogP contribution is 2.26. The summed E-state index contributed by atoms with van der Waals surface area (Å²) in [6, 6.07) is 6.54. The smallest absolute Gasteiger partial charge is 0.274 e. The molecule has 0 unspecified atom stereocenters. The fourth-order valence-electron chi connectivity index (χ4n) is 2.11. The van der Waals surface area contributed by atoms with Crippen LogP contribution in [-0.4, -0.2) is 29.5 Å². The first kappa shape index (κ1) is 18.5. The minimum Gasteiger partial charge on any atom is -0.344 e. The summed E-state index contributed by atoms with van der Waals surface area (Å²) in [5.41, 5.74) is 1.47. The predicted molar refractivity (Wildman–Crippen MR) is 99.4 cm³/mol. The molecule has 2 rings (SSSR count). The van der Waals surface area contributed by atoms with Crippen molar-refractivity contribution in [1.82, 2.24) is 9.97 Å². The molecular formula is C17H20Cl2N4O. The Morgan fingerprint density at radius 2 is 2.00 bits per heavy atom. The average Bonchev–Trinajstić information content (AvgIpc) is 2.55. The number of unbranched alkanes of at least 4 members (excludes halogenated alkanes) is 1. The summed E-state index contributed by atoms with van der Waals surface area (Å²) in [5.74, 6) is 0.181. The van der Waals surface area contributed by atoms with E-state index in [0.717, 1.165) is 25.1 Å². The lowest BCUT2D eigenvalue weighted by Crippen LogP contribution is -2.23. The molecule has 1 N–H and O–H groups in total. The van der Waals surface area contributed by atoms with E-state index in [1.807, 2.05) is 18.9 Å². The Hall–Kier alpha value is -1.85. The lowest BCUT2D eigenvalue weighted by Gasteiger charge is -2.17. The van der Waals surface area contributed by atoms with Crippen LogP contribution in [0.4, 0.5) is 11.6 Å². The van der Waals surface area contributed by atoms with Crippen LogP contribution in [0.3, 0.4) is 0 Å². The number of carbonyl (C=O) groups is 1. The van der Waals surface area contributed by atoms with Crippen molar-refractivity contribution in [1.29, 1.82) is 0 Å². The lowest BCUT2D eigenvalue weighted by molar-refractivity contribution is 0.102. The van der Waals surface area contributed by atoms with Gasteiger partial charge in [0.15, 0.2) is 0 Å². The molecule has 0 aliphatic rings. The van der Waals surface area contributed by atoms with Gasteiger partial charge in [-0.25, -0.2) is 9.97 Å². The average molecular weight is 367 g/mol. The Labute approximate surface area is 152 Å². The molecule has 0 fully saturated rings. The molecule has 0 aliphatic heterocycles. The highest BCUT2D eigenvalue weighted by molar-refractivity contribution is 6.35. The van der Waals surface area contributed by atoms with Crippen LogP contribution < -0.4 is 10.2 Å². The van der Waals surface area contributed by atoms with Gasteiger partial charge < -0.3 is 10.2 Å². The SMILES string of the molecule is CCCCN(C)c1nc(C)cc(C(=O)Nc2cc(Cl)ccc2Cl)n1. The maximum absolute atomic E-state index is 12.5. The summed E-state index contributed by atoms with van der Waals surface area (Å²) in [5, 5.41) is 3.65. The lowest BCUT2D eigenvalue weighted by atomic mass is 10.2. The van der Waals surface area contributed by atoms with Crippen LogP contribution in [0, 0.1) is 6.92 Å². The number of aryl methyl sites for hydroxylation is 1. The van der Waals surface area contributed by atoms with Crippen LogP contribution >= 0.6 is 23.2 Å². The Morgan fingerprint density at radius 1 is 1.25 bits per heavy atom. The van der Waals surface area contributed by atoms with Crippen molar-refractivity contribution in [2.45, 2.75) is 26.7 Å². The first-order valence-electron chi connectivity index (χ1n) is 7.74. The molecule has 0 saturated carbocycles. The van der Waals surface area contributed by atoms with Crippen molar-refractivity contribution in [2.24, 2.45) is 0 Å². The molecule has 0 atom stereocenters. The van der Waals surface area contributed by atoms with Gasteiger partial charge in [-0.05, 0) is 37.6 Å².